The molecule has 4 aromatic carbocycles. The van der Waals surface area contributed by atoms with Crippen molar-refractivity contribution in [3.05, 3.63) is 166 Å². The Morgan fingerprint density at radius 1 is 0.930 bits per heavy atom. The Hall–Kier alpha value is -5.05. The van der Waals surface area contributed by atoms with Gasteiger partial charge in [0.25, 0.3) is 0 Å². The number of carbonyl (C=O) groups is 1. The number of anilines is 1. The third-order valence-electron chi connectivity index (χ3n) is 10.5. The number of aromatic nitrogens is 2. The standard InChI is InChI=1S/C45H53N6O5P/c1-32(2)51(33(3)4)57(54,28-18-27-46)55-31-40-39(29-41(56-40)50-30-34(5)42(48-44(50)53)47-43(52)35-19-10-6-11-20-35)49-45(36-21-12-7-13-22-36,37-23-14-8-15-24-37)38-25-16-9-17-26-38/h6-17,19-26,30,32-33,39-41,49,54,57H,18,28-29,31H2,1-5H3,(H,47,48,52,53)/t39-,40+,41+/m0/s1. The van der Waals surface area contributed by atoms with E-state index >= 15 is 0 Å². The van der Waals surface area contributed by atoms with Crippen LogP contribution in [0.5, 0.6) is 0 Å². The van der Waals surface area contributed by atoms with Crippen molar-refractivity contribution < 1.29 is 18.9 Å². The van der Waals surface area contributed by atoms with E-state index in [1.807, 2.05) is 93.0 Å². The molecule has 5 aromatic rings. The van der Waals surface area contributed by atoms with Crippen LogP contribution in [0.2, 0.25) is 0 Å². The molecule has 298 valence electrons. The van der Waals surface area contributed by atoms with Gasteiger partial charge in [0.2, 0.25) is 0 Å². The first-order valence-corrected chi connectivity index (χ1v) is 21.6. The van der Waals surface area contributed by atoms with Gasteiger partial charge in [-0.3, -0.25) is 0 Å². The minimum absolute atomic E-state index is 0.000908. The Morgan fingerprint density at radius 2 is 1.44 bits per heavy atom. The van der Waals surface area contributed by atoms with Crippen molar-refractivity contribution in [1.29, 1.82) is 5.26 Å². The fourth-order valence-electron chi connectivity index (χ4n) is 8.08. The molecule has 1 aliphatic heterocycles. The van der Waals surface area contributed by atoms with Gasteiger partial charge in [0.15, 0.2) is 0 Å². The van der Waals surface area contributed by atoms with Gasteiger partial charge in [-0.25, -0.2) is 0 Å². The van der Waals surface area contributed by atoms with E-state index in [9.17, 15) is 19.7 Å². The molecular weight excluding hydrogens is 736 g/mol. The first-order valence-electron chi connectivity index (χ1n) is 19.5. The second-order valence-electron chi connectivity index (χ2n) is 15.1. The number of hydrogen-bond donors (Lipinski definition) is 3. The smallest absolute Gasteiger partial charge is 0.0622 e. The van der Waals surface area contributed by atoms with E-state index in [1.165, 1.54) is 4.57 Å². The summed E-state index contributed by atoms with van der Waals surface area (Å²) in [6.45, 7) is 9.85. The van der Waals surface area contributed by atoms with Gasteiger partial charge in [-0.1, -0.05) is 18.2 Å². The summed E-state index contributed by atoms with van der Waals surface area (Å²) in [5.41, 5.74) is 2.59. The summed E-state index contributed by atoms with van der Waals surface area (Å²) < 4.78 is 16.9. The van der Waals surface area contributed by atoms with E-state index < -0.39 is 37.5 Å². The van der Waals surface area contributed by atoms with E-state index in [4.69, 9.17) is 9.26 Å². The molecule has 3 N–H and O–H groups in total. The van der Waals surface area contributed by atoms with Gasteiger partial charge in [0.1, 0.15) is 0 Å². The number of benzene rings is 4. The molecule has 0 bridgehead atoms. The molecule has 0 radical (unpaired) electrons. The Balaban J connectivity index is 1.42. The predicted molar refractivity (Wildman–Crippen MR) is 226 cm³/mol. The van der Waals surface area contributed by atoms with Crippen molar-refractivity contribution in [3.63, 3.8) is 0 Å². The summed E-state index contributed by atoms with van der Waals surface area (Å²) in [6, 6.07) is 41.1. The average Bonchev–Trinajstić information content (AvgIpc) is 3.62. The molecule has 1 amide bonds. The molecule has 11 nitrogen and oxygen atoms in total. The molecule has 3 atom stereocenters. The zero-order valence-corrected chi connectivity index (χ0v) is 34.2. The fraction of sp³-hybridized carbons (Fsp3) is 0.333. The SMILES string of the molecule is Cc1cn([C@H]2C[C@H](NC(c3ccccc3)(c3ccccc3)c3ccccc3)[C@@H](CO[PH](O)(CCC#N)N(C(C)C)C(C)C)O2)c(=O)nc1NC(=O)c1ccccc1. The van der Waals surface area contributed by atoms with Gasteiger partial charge in [-0.15, -0.1) is 0 Å². The topological polar surface area (TPSA) is 142 Å². The maximum atomic E-state index is 13.8. The normalized spacial score (nSPS) is 17.5. The molecule has 0 aliphatic carbocycles. The third-order valence-corrected chi connectivity index (χ3v) is 13.9. The summed E-state index contributed by atoms with van der Waals surface area (Å²) in [6.07, 6.45) is 0.925. The van der Waals surface area contributed by atoms with Crippen molar-refractivity contribution in [2.75, 3.05) is 18.1 Å². The molecule has 0 saturated carbocycles. The van der Waals surface area contributed by atoms with Crippen LogP contribution >= 0.6 is 7.87 Å². The van der Waals surface area contributed by atoms with Gasteiger partial charge in [0.05, 0.1) is 0 Å². The first kappa shape index (κ1) is 41.6. The summed E-state index contributed by atoms with van der Waals surface area (Å²) >= 11 is 0. The Labute approximate surface area is 335 Å². The fourth-order valence-corrected chi connectivity index (χ4v) is 11.1. The zero-order valence-electron chi connectivity index (χ0n) is 33.2. The van der Waals surface area contributed by atoms with Crippen molar-refractivity contribution in [1.82, 2.24) is 19.5 Å². The molecule has 12 heteroatoms. The summed E-state index contributed by atoms with van der Waals surface area (Å²) in [7, 11) is -3.66. The summed E-state index contributed by atoms with van der Waals surface area (Å²) in [5.74, 6) is -0.198. The van der Waals surface area contributed by atoms with Gasteiger partial charge < -0.3 is 0 Å². The number of nitrogens with zero attached hydrogens (tertiary/aromatic N) is 4. The second kappa shape index (κ2) is 18.5. The van der Waals surface area contributed by atoms with Crippen LogP contribution < -0.4 is 16.3 Å². The van der Waals surface area contributed by atoms with Crippen molar-refractivity contribution in [2.45, 2.75) is 83.5 Å². The molecule has 2 heterocycles. The van der Waals surface area contributed by atoms with Gasteiger partial charge in [-0.05, 0) is 12.1 Å². The second-order valence-corrected chi connectivity index (χ2v) is 17.8. The number of aryl methyl sites for hydroxylation is 1. The van der Waals surface area contributed by atoms with E-state index in [1.54, 1.807) is 37.4 Å². The van der Waals surface area contributed by atoms with Gasteiger partial charge in [0, 0.05) is 0 Å². The Bertz CT molecular complexity index is 2080. The van der Waals surface area contributed by atoms with Crippen molar-refractivity contribution in [3.8, 4) is 6.07 Å². The molecule has 1 saturated heterocycles. The van der Waals surface area contributed by atoms with Crippen LogP contribution in [0.15, 0.2) is 132 Å². The zero-order chi connectivity index (χ0) is 40.6. The Morgan fingerprint density at radius 3 is 1.93 bits per heavy atom. The number of ether oxygens (including phenoxy) is 1. The van der Waals surface area contributed by atoms with E-state index in [-0.39, 0.29) is 43.0 Å². The third kappa shape index (κ3) is 9.24. The molecule has 0 spiro atoms. The molecule has 57 heavy (non-hydrogen) atoms. The van der Waals surface area contributed by atoms with Crippen molar-refractivity contribution >= 4 is 19.6 Å². The molecule has 1 fully saturated rings. The van der Waals surface area contributed by atoms with E-state index in [0.29, 0.717) is 17.5 Å². The molecule has 0 unspecified atom stereocenters. The number of hydrogen-bond acceptors (Lipinski definition) is 9. The number of amides is 1. The maximum absolute atomic E-state index is 13.8. The van der Waals surface area contributed by atoms with Crippen molar-refractivity contribution in [2.24, 2.45) is 0 Å². The minimum atomic E-state index is -3.66. The van der Waals surface area contributed by atoms with Crippen LogP contribution in [-0.2, 0) is 14.8 Å². The summed E-state index contributed by atoms with van der Waals surface area (Å²) in [5, 5.41) is 16.4. The molecule has 1 aromatic heterocycles. The van der Waals surface area contributed by atoms with Crippen LogP contribution in [0.4, 0.5) is 5.82 Å². The Kier molecular flexibility index (Phi) is 13.5. The van der Waals surface area contributed by atoms with Crippen LogP contribution in [0.1, 0.15) is 79.4 Å². The van der Waals surface area contributed by atoms with Crippen LogP contribution in [0.25, 0.3) is 0 Å². The quantitative estimate of drug-likeness (QED) is 0.0682. The van der Waals surface area contributed by atoms with Crippen LogP contribution in [0.3, 0.4) is 0 Å². The first-order chi connectivity index (χ1) is 27.5. The summed E-state index contributed by atoms with van der Waals surface area (Å²) in [4.78, 5) is 43.5. The van der Waals surface area contributed by atoms with E-state index in [2.05, 4.69) is 58.1 Å². The molecular formula is C45H53N6O5P. The number of nitrogens with one attached hydrogen (secondary N) is 2. The number of rotatable bonds is 16. The predicted octanol–water partition coefficient (Wildman–Crippen LogP) is 7.58. The average molecular weight is 789 g/mol. The van der Waals surface area contributed by atoms with Gasteiger partial charge in [-0.2, -0.15) is 0 Å². The van der Waals surface area contributed by atoms with E-state index in [0.717, 1.165) is 16.7 Å². The number of nitriles is 1. The van der Waals surface area contributed by atoms with Crippen LogP contribution in [0, 0.1) is 18.3 Å². The molecule has 6 rings (SSSR count). The number of carbonyl (C=O) groups excluding carboxylic acids is 1. The monoisotopic (exact) mass is 788 g/mol. The molecule has 1 aliphatic rings. The van der Waals surface area contributed by atoms with Crippen LogP contribution in [-0.4, -0.2) is 62.0 Å². The van der Waals surface area contributed by atoms with Gasteiger partial charge >= 0.3 is 306 Å². The minimum Gasteiger partial charge on any atom is -0.0622 e.